The Bertz CT molecular complexity index is 1210. The molecule has 0 bridgehead atoms. The predicted molar refractivity (Wildman–Crippen MR) is 115 cm³/mol. The summed E-state index contributed by atoms with van der Waals surface area (Å²) in [6, 6.07) is 9.17. The Morgan fingerprint density at radius 1 is 1.14 bits per heavy atom. The van der Waals surface area contributed by atoms with Crippen LogP contribution >= 0.6 is 0 Å². The second-order valence-electron chi connectivity index (χ2n) is 7.10. The zero-order valence-electron chi connectivity index (χ0n) is 17.1. The summed E-state index contributed by atoms with van der Waals surface area (Å²) in [5.41, 5.74) is 1.50. The number of pyridine rings is 1. The highest BCUT2D eigenvalue weighted by Crippen LogP contribution is 2.23. The molecule has 2 N–H and O–H groups in total. The smallest absolute Gasteiger partial charge is 0.332 e. The van der Waals surface area contributed by atoms with Crippen LogP contribution in [0.5, 0.6) is 0 Å². The van der Waals surface area contributed by atoms with Crippen molar-refractivity contribution < 1.29 is 4.79 Å². The number of aromatic nitrogens is 3. The monoisotopic (exact) mass is 396 g/mol. The third kappa shape index (κ3) is 3.98. The minimum Gasteiger partial charge on any atom is -0.375 e. The molecule has 9 nitrogen and oxygen atoms in total. The number of carbonyl (C=O) groups is 1. The summed E-state index contributed by atoms with van der Waals surface area (Å²) in [6.45, 7) is 1.89. The molecule has 9 heteroatoms. The topological polar surface area (TPSA) is 101 Å². The molecule has 0 unspecified atom stereocenters. The van der Waals surface area contributed by atoms with E-state index in [1.54, 1.807) is 18.0 Å². The van der Waals surface area contributed by atoms with Crippen LogP contribution in [0.2, 0.25) is 0 Å². The third-order valence-electron chi connectivity index (χ3n) is 4.60. The first kappa shape index (κ1) is 20.1. The molecule has 1 aromatic carbocycles. The van der Waals surface area contributed by atoms with Crippen molar-refractivity contribution in [1.82, 2.24) is 14.1 Å². The molecule has 0 atom stereocenters. The van der Waals surface area contributed by atoms with E-state index in [2.05, 4.69) is 15.6 Å². The maximum absolute atomic E-state index is 12.7. The van der Waals surface area contributed by atoms with E-state index < -0.39 is 11.2 Å². The van der Waals surface area contributed by atoms with Crippen LogP contribution < -0.4 is 26.8 Å². The Labute approximate surface area is 167 Å². The number of rotatable bonds is 5. The molecule has 0 aliphatic heterocycles. The van der Waals surface area contributed by atoms with E-state index in [0.29, 0.717) is 17.2 Å². The van der Waals surface area contributed by atoms with Gasteiger partial charge in [0.15, 0.2) is 5.65 Å². The van der Waals surface area contributed by atoms with Gasteiger partial charge in [-0.3, -0.25) is 18.7 Å². The zero-order chi connectivity index (χ0) is 21.3. The molecule has 152 valence electrons. The Morgan fingerprint density at radius 2 is 1.86 bits per heavy atom. The molecule has 2 aromatic heterocycles. The lowest BCUT2D eigenvalue weighted by Gasteiger charge is -2.17. The number of benzene rings is 1. The molecule has 0 saturated heterocycles. The molecule has 3 aromatic rings. The Hall–Kier alpha value is -3.62. The molecule has 3 rings (SSSR count). The van der Waals surface area contributed by atoms with E-state index in [1.807, 2.05) is 45.3 Å². The fraction of sp³-hybridized carbons (Fsp3) is 0.300. The minimum atomic E-state index is -0.470. The van der Waals surface area contributed by atoms with E-state index in [0.717, 1.165) is 10.1 Å². The molecule has 1 amide bonds. The lowest BCUT2D eigenvalue weighted by atomic mass is 10.2. The van der Waals surface area contributed by atoms with Gasteiger partial charge in [0.05, 0.1) is 12.2 Å². The lowest BCUT2D eigenvalue weighted by molar-refractivity contribution is -0.114. The Balaban J connectivity index is 1.98. The predicted octanol–water partition coefficient (Wildman–Crippen LogP) is 1.06. The van der Waals surface area contributed by atoms with Gasteiger partial charge in [0.2, 0.25) is 5.91 Å². The van der Waals surface area contributed by atoms with Gasteiger partial charge in [0, 0.05) is 39.9 Å². The minimum absolute atomic E-state index is 0.0497. The number of carbonyl (C=O) groups excluding carboxylic acids is 1. The maximum atomic E-state index is 12.7. The van der Waals surface area contributed by atoms with Crippen molar-refractivity contribution in [3.63, 3.8) is 0 Å². The van der Waals surface area contributed by atoms with E-state index >= 15 is 0 Å². The Morgan fingerprint density at radius 3 is 2.52 bits per heavy atom. The summed E-state index contributed by atoms with van der Waals surface area (Å²) in [4.78, 5) is 43.6. The summed E-state index contributed by atoms with van der Waals surface area (Å²) >= 11 is 0. The van der Waals surface area contributed by atoms with Gasteiger partial charge in [-0.25, -0.2) is 9.78 Å². The third-order valence-corrected chi connectivity index (χ3v) is 4.60. The fourth-order valence-electron chi connectivity index (χ4n) is 3.01. The summed E-state index contributed by atoms with van der Waals surface area (Å²) in [5.74, 6) is 0.302. The van der Waals surface area contributed by atoms with Crippen LogP contribution in [0.4, 0.5) is 17.2 Å². The molecular weight excluding hydrogens is 372 g/mol. The maximum Gasteiger partial charge on any atom is 0.332 e. The number of aryl methyl sites for hydroxylation is 2. The summed E-state index contributed by atoms with van der Waals surface area (Å²) in [7, 11) is 6.59. The van der Waals surface area contributed by atoms with Crippen LogP contribution in [0, 0.1) is 6.92 Å². The van der Waals surface area contributed by atoms with Crippen LogP contribution in [0.15, 0.2) is 39.9 Å². The number of hydrogen-bond acceptors (Lipinski definition) is 6. The molecule has 0 radical (unpaired) electrons. The van der Waals surface area contributed by atoms with Gasteiger partial charge in [-0.1, -0.05) is 12.1 Å². The molecule has 0 aliphatic rings. The molecule has 2 heterocycles. The molecule has 0 saturated carbocycles. The van der Waals surface area contributed by atoms with Crippen LogP contribution in [-0.4, -0.2) is 40.7 Å². The van der Waals surface area contributed by atoms with Crippen LogP contribution in [-0.2, 0) is 18.9 Å². The fourth-order valence-corrected chi connectivity index (χ4v) is 3.01. The molecule has 0 spiro atoms. The van der Waals surface area contributed by atoms with Crippen LogP contribution in [0.25, 0.3) is 11.0 Å². The SMILES string of the molecule is Cc1cccc(NC(=O)CNc2cc(N(C)C)nc3c2c(=O)n(C)c(=O)n3C)c1. The van der Waals surface area contributed by atoms with E-state index in [9.17, 15) is 14.4 Å². The van der Waals surface area contributed by atoms with Gasteiger partial charge < -0.3 is 15.5 Å². The van der Waals surface area contributed by atoms with Crippen molar-refractivity contribution in [2.45, 2.75) is 6.92 Å². The Kier molecular flexibility index (Phi) is 5.40. The van der Waals surface area contributed by atoms with Crippen molar-refractivity contribution in [2.24, 2.45) is 14.1 Å². The van der Waals surface area contributed by atoms with Gasteiger partial charge in [-0.2, -0.15) is 0 Å². The van der Waals surface area contributed by atoms with E-state index in [-0.39, 0.29) is 23.5 Å². The molecular formula is C20H24N6O3. The van der Waals surface area contributed by atoms with Crippen molar-refractivity contribution >= 4 is 34.1 Å². The van der Waals surface area contributed by atoms with Gasteiger partial charge in [0.25, 0.3) is 5.56 Å². The first-order valence-electron chi connectivity index (χ1n) is 9.07. The second kappa shape index (κ2) is 7.78. The van der Waals surface area contributed by atoms with Crippen molar-refractivity contribution in [3.8, 4) is 0 Å². The normalized spacial score (nSPS) is 10.8. The largest absolute Gasteiger partial charge is 0.375 e. The lowest BCUT2D eigenvalue weighted by Crippen LogP contribution is -2.38. The highest BCUT2D eigenvalue weighted by atomic mass is 16.2. The van der Waals surface area contributed by atoms with Crippen LogP contribution in [0.3, 0.4) is 0 Å². The second-order valence-corrected chi connectivity index (χ2v) is 7.10. The number of anilines is 3. The van der Waals surface area contributed by atoms with Crippen molar-refractivity contribution in [1.29, 1.82) is 0 Å². The summed E-state index contributed by atoms with van der Waals surface area (Å²) in [6.07, 6.45) is 0. The standard InChI is InChI=1S/C20H24N6O3/c1-12-7-6-8-13(9-12)22-16(27)11-21-14-10-15(24(2)3)23-18-17(14)19(28)26(5)20(29)25(18)4/h6-10H,11H2,1-5H3,(H,21,23)(H,22,27). The van der Waals surface area contributed by atoms with E-state index in [4.69, 9.17) is 0 Å². The van der Waals surface area contributed by atoms with Crippen molar-refractivity contribution in [2.75, 3.05) is 36.2 Å². The van der Waals surface area contributed by atoms with Gasteiger partial charge in [0.1, 0.15) is 11.2 Å². The highest BCUT2D eigenvalue weighted by molar-refractivity contribution is 5.96. The quantitative estimate of drug-likeness (QED) is 0.669. The first-order valence-corrected chi connectivity index (χ1v) is 9.07. The first-order chi connectivity index (χ1) is 13.7. The van der Waals surface area contributed by atoms with E-state index in [1.165, 1.54) is 11.6 Å². The van der Waals surface area contributed by atoms with Gasteiger partial charge in [-0.05, 0) is 24.6 Å². The average Bonchev–Trinajstić information content (AvgIpc) is 2.68. The molecule has 0 aliphatic carbocycles. The summed E-state index contributed by atoms with van der Waals surface area (Å²) in [5, 5.41) is 6.10. The summed E-state index contributed by atoms with van der Waals surface area (Å²) < 4.78 is 2.35. The van der Waals surface area contributed by atoms with Gasteiger partial charge >= 0.3 is 5.69 Å². The highest BCUT2D eigenvalue weighted by Gasteiger charge is 2.17. The molecule has 0 fully saturated rings. The molecule has 29 heavy (non-hydrogen) atoms. The zero-order valence-corrected chi connectivity index (χ0v) is 17.1. The van der Waals surface area contributed by atoms with Crippen LogP contribution in [0.1, 0.15) is 5.56 Å². The average molecular weight is 396 g/mol. The number of amides is 1. The van der Waals surface area contributed by atoms with Gasteiger partial charge in [-0.15, -0.1) is 0 Å². The number of nitrogens with zero attached hydrogens (tertiary/aromatic N) is 4. The number of hydrogen-bond donors (Lipinski definition) is 2. The van der Waals surface area contributed by atoms with Crippen molar-refractivity contribution in [3.05, 3.63) is 56.7 Å². The number of nitrogens with one attached hydrogen (secondary N) is 2. The number of fused-ring (bicyclic) bond motifs is 1.